The number of nitrogen functional groups attached to an aromatic ring is 1. The van der Waals surface area contributed by atoms with Gasteiger partial charge in [0.1, 0.15) is 5.75 Å². The normalized spacial score (nSPS) is 10.9. The first kappa shape index (κ1) is 16.1. The number of carbonyl (C=O) groups is 1. The van der Waals surface area contributed by atoms with Gasteiger partial charge in [-0.1, -0.05) is 6.07 Å². The number of nitrogens with one attached hydrogen (secondary N) is 2. The van der Waals surface area contributed by atoms with Crippen LogP contribution in [0.4, 0.5) is 10.5 Å². The van der Waals surface area contributed by atoms with Crippen molar-refractivity contribution in [3.05, 3.63) is 23.8 Å². The summed E-state index contributed by atoms with van der Waals surface area (Å²) in [6, 6.07) is 4.85. The van der Waals surface area contributed by atoms with Crippen LogP contribution in [0, 0.1) is 0 Å². The van der Waals surface area contributed by atoms with Gasteiger partial charge in [-0.15, -0.1) is 0 Å². The molecule has 0 heterocycles. The van der Waals surface area contributed by atoms with Crippen LogP contribution in [0.25, 0.3) is 0 Å². The Morgan fingerprint density at radius 1 is 1.40 bits per heavy atom. The zero-order valence-electron chi connectivity index (χ0n) is 11.2. The predicted molar refractivity (Wildman–Crippen MR) is 73.3 cm³/mol. The Balaban J connectivity index is 2.62. The molecule has 20 heavy (non-hydrogen) atoms. The van der Waals surface area contributed by atoms with E-state index in [1.54, 1.807) is 29.8 Å². The van der Waals surface area contributed by atoms with E-state index < -0.39 is 16.3 Å². The van der Waals surface area contributed by atoms with Crippen LogP contribution < -0.4 is 19.9 Å². The molecule has 1 amide bonds. The molecule has 4 N–H and O–H groups in total. The van der Waals surface area contributed by atoms with E-state index in [0.29, 0.717) is 17.0 Å². The van der Waals surface area contributed by atoms with E-state index in [0.717, 1.165) is 0 Å². The van der Waals surface area contributed by atoms with Gasteiger partial charge in [0.15, 0.2) is 0 Å². The summed E-state index contributed by atoms with van der Waals surface area (Å²) >= 11 is 0. The quantitative estimate of drug-likeness (QED) is 0.653. The number of rotatable bonds is 6. The SMILES string of the molecule is CCOC(=O)NS(=O)(=O)NCc1ccc(OC)c(N)c1. The van der Waals surface area contributed by atoms with Crippen LogP contribution in [0.2, 0.25) is 0 Å². The van der Waals surface area contributed by atoms with Crippen molar-refractivity contribution in [3.63, 3.8) is 0 Å². The van der Waals surface area contributed by atoms with E-state index in [1.165, 1.54) is 7.11 Å². The zero-order chi connectivity index (χ0) is 15.2. The summed E-state index contributed by atoms with van der Waals surface area (Å²) in [6.07, 6.45) is -1.03. The van der Waals surface area contributed by atoms with Gasteiger partial charge in [0.25, 0.3) is 0 Å². The fraction of sp³-hybridized carbons (Fsp3) is 0.364. The van der Waals surface area contributed by atoms with Crippen molar-refractivity contribution in [3.8, 4) is 5.75 Å². The molecule has 0 aliphatic heterocycles. The Kier molecular flexibility index (Phi) is 5.59. The Bertz CT molecular complexity index is 573. The van der Waals surface area contributed by atoms with Gasteiger partial charge in [0, 0.05) is 6.54 Å². The molecule has 0 unspecified atom stereocenters. The maximum absolute atomic E-state index is 11.5. The lowest BCUT2D eigenvalue weighted by atomic mass is 10.2. The molecule has 0 atom stereocenters. The Labute approximate surface area is 117 Å². The monoisotopic (exact) mass is 303 g/mol. The number of anilines is 1. The van der Waals surface area contributed by atoms with Gasteiger partial charge in [-0.05, 0) is 24.6 Å². The molecule has 0 aliphatic rings. The van der Waals surface area contributed by atoms with E-state index in [1.807, 2.05) is 0 Å². The summed E-state index contributed by atoms with van der Waals surface area (Å²) in [5.41, 5.74) is 6.71. The van der Waals surface area contributed by atoms with Crippen molar-refractivity contribution < 1.29 is 22.7 Å². The lowest BCUT2D eigenvalue weighted by Crippen LogP contribution is -2.40. The van der Waals surface area contributed by atoms with Crippen LogP contribution >= 0.6 is 0 Å². The predicted octanol–water partition coefficient (Wildman–Crippen LogP) is 0.358. The number of methoxy groups -OCH3 is 1. The molecule has 1 aromatic rings. The minimum atomic E-state index is -3.98. The molecule has 0 saturated heterocycles. The van der Waals surface area contributed by atoms with Gasteiger partial charge in [0.05, 0.1) is 19.4 Å². The number of benzene rings is 1. The van der Waals surface area contributed by atoms with Crippen LogP contribution in [0.5, 0.6) is 5.75 Å². The molecule has 0 spiro atoms. The molecule has 0 fully saturated rings. The summed E-state index contributed by atoms with van der Waals surface area (Å²) in [5, 5.41) is 0. The van der Waals surface area contributed by atoms with Crippen LogP contribution in [-0.2, 0) is 21.5 Å². The number of ether oxygens (including phenoxy) is 2. The largest absolute Gasteiger partial charge is 0.495 e. The molecule has 0 radical (unpaired) electrons. The van der Waals surface area contributed by atoms with Crippen LogP contribution in [0.15, 0.2) is 18.2 Å². The third kappa shape index (κ3) is 4.94. The molecule has 0 aliphatic carbocycles. The third-order valence-electron chi connectivity index (χ3n) is 2.25. The second kappa shape index (κ2) is 6.96. The maximum atomic E-state index is 11.5. The number of hydrogen-bond acceptors (Lipinski definition) is 6. The highest BCUT2D eigenvalue weighted by Gasteiger charge is 2.14. The number of amides is 1. The first-order chi connectivity index (χ1) is 9.38. The first-order valence-corrected chi connectivity index (χ1v) is 7.22. The summed E-state index contributed by atoms with van der Waals surface area (Å²) in [6.45, 7) is 1.62. The Hall–Kier alpha value is -2.00. The van der Waals surface area contributed by atoms with Crippen LogP contribution in [-0.4, -0.2) is 28.2 Å². The van der Waals surface area contributed by atoms with Gasteiger partial charge in [-0.3, -0.25) is 0 Å². The van der Waals surface area contributed by atoms with Gasteiger partial charge in [-0.25, -0.2) is 9.52 Å². The fourth-order valence-electron chi connectivity index (χ4n) is 1.38. The molecular formula is C11H17N3O5S. The van der Waals surface area contributed by atoms with E-state index in [2.05, 4.69) is 9.46 Å². The maximum Gasteiger partial charge on any atom is 0.421 e. The lowest BCUT2D eigenvalue weighted by molar-refractivity contribution is 0.158. The highest BCUT2D eigenvalue weighted by molar-refractivity contribution is 7.88. The first-order valence-electron chi connectivity index (χ1n) is 5.74. The summed E-state index contributed by atoms with van der Waals surface area (Å²) in [4.78, 5) is 11.0. The van der Waals surface area contributed by atoms with Crippen molar-refractivity contribution >= 4 is 22.0 Å². The van der Waals surface area contributed by atoms with Gasteiger partial charge >= 0.3 is 16.3 Å². The number of carbonyl (C=O) groups excluding carboxylic acids is 1. The molecular weight excluding hydrogens is 286 g/mol. The number of nitrogens with two attached hydrogens (primary N) is 1. The highest BCUT2D eigenvalue weighted by atomic mass is 32.2. The van der Waals surface area contributed by atoms with Crippen molar-refractivity contribution in [2.45, 2.75) is 13.5 Å². The van der Waals surface area contributed by atoms with Crippen molar-refractivity contribution in [2.75, 3.05) is 19.5 Å². The Morgan fingerprint density at radius 3 is 2.65 bits per heavy atom. The highest BCUT2D eigenvalue weighted by Crippen LogP contribution is 2.21. The molecule has 0 aromatic heterocycles. The fourth-order valence-corrected chi connectivity index (χ4v) is 2.09. The van der Waals surface area contributed by atoms with Gasteiger partial charge in [-0.2, -0.15) is 13.1 Å². The molecule has 0 saturated carbocycles. The zero-order valence-corrected chi connectivity index (χ0v) is 12.0. The second-order valence-corrected chi connectivity index (χ2v) is 5.22. The van der Waals surface area contributed by atoms with Crippen molar-refractivity contribution in [1.82, 2.24) is 9.44 Å². The Morgan fingerprint density at radius 2 is 2.10 bits per heavy atom. The van der Waals surface area contributed by atoms with E-state index >= 15 is 0 Å². The summed E-state index contributed by atoms with van der Waals surface area (Å²) in [5.74, 6) is 0.501. The topological polar surface area (TPSA) is 120 Å². The van der Waals surface area contributed by atoms with Crippen LogP contribution in [0.3, 0.4) is 0 Å². The average molecular weight is 303 g/mol. The van der Waals surface area contributed by atoms with Crippen molar-refractivity contribution in [2.24, 2.45) is 0 Å². The van der Waals surface area contributed by atoms with Crippen molar-refractivity contribution in [1.29, 1.82) is 0 Å². The minimum Gasteiger partial charge on any atom is -0.495 e. The lowest BCUT2D eigenvalue weighted by Gasteiger charge is -2.10. The summed E-state index contributed by atoms with van der Waals surface area (Å²) in [7, 11) is -2.49. The minimum absolute atomic E-state index is 0.0249. The van der Waals surface area contributed by atoms with Gasteiger partial charge < -0.3 is 15.2 Å². The van der Waals surface area contributed by atoms with Gasteiger partial charge in [0.2, 0.25) is 0 Å². The van der Waals surface area contributed by atoms with E-state index in [4.69, 9.17) is 10.5 Å². The third-order valence-corrected chi connectivity index (χ3v) is 3.21. The number of hydrogen-bond donors (Lipinski definition) is 3. The molecule has 1 aromatic carbocycles. The van der Waals surface area contributed by atoms with Crippen LogP contribution in [0.1, 0.15) is 12.5 Å². The summed E-state index contributed by atoms with van der Waals surface area (Å²) < 4.78 is 36.4. The van der Waals surface area contributed by atoms with E-state index in [9.17, 15) is 13.2 Å². The second-order valence-electron chi connectivity index (χ2n) is 3.72. The molecule has 9 heteroatoms. The molecule has 1 rings (SSSR count). The smallest absolute Gasteiger partial charge is 0.421 e. The standard InChI is InChI=1S/C11H17N3O5S/c1-3-19-11(15)14-20(16,17)13-7-8-4-5-10(18-2)9(12)6-8/h4-6,13H,3,7,12H2,1-2H3,(H,14,15). The average Bonchev–Trinajstić information content (AvgIpc) is 2.36. The molecule has 112 valence electrons. The molecule has 8 nitrogen and oxygen atoms in total. The van der Waals surface area contributed by atoms with E-state index in [-0.39, 0.29) is 13.2 Å². The molecule has 0 bridgehead atoms.